The number of ether oxygens (including phenoxy) is 4. The molecule has 0 spiro atoms. The maximum atomic E-state index is 10.8. The summed E-state index contributed by atoms with van der Waals surface area (Å²) in [5.74, 6) is -0.436. The van der Waals surface area contributed by atoms with Crippen molar-refractivity contribution >= 4 is 5.97 Å². The number of hydrogen-bond donors (Lipinski definition) is 1. The van der Waals surface area contributed by atoms with Gasteiger partial charge in [0, 0.05) is 21.1 Å². The fourth-order valence-electron chi connectivity index (χ4n) is 1.57. The molecule has 1 N–H and O–H groups in total. The van der Waals surface area contributed by atoms with Gasteiger partial charge < -0.3 is 24.1 Å². The molecule has 1 fully saturated rings. The summed E-state index contributed by atoms with van der Waals surface area (Å²) in [5.41, 5.74) is 0. The molecule has 0 radical (unpaired) electrons. The van der Waals surface area contributed by atoms with Gasteiger partial charge in [0.05, 0.1) is 6.61 Å². The van der Waals surface area contributed by atoms with Crippen molar-refractivity contribution in [3.8, 4) is 0 Å². The fourth-order valence-corrected chi connectivity index (χ4v) is 1.57. The Bertz CT molecular complexity index is 219. The number of esters is 1. The lowest BCUT2D eigenvalue weighted by Crippen LogP contribution is -2.55. The van der Waals surface area contributed by atoms with E-state index in [1.165, 1.54) is 21.1 Å². The van der Waals surface area contributed by atoms with Crippen LogP contribution in [0.5, 0.6) is 0 Å². The van der Waals surface area contributed by atoms with Crippen LogP contribution in [0.3, 0.4) is 0 Å². The molecule has 1 aliphatic rings. The first-order chi connectivity index (χ1) is 7.10. The lowest BCUT2D eigenvalue weighted by Gasteiger charge is -2.37. The van der Waals surface area contributed by atoms with Gasteiger partial charge in [0.2, 0.25) is 0 Å². The predicted molar refractivity (Wildman–Crippen MR) is 49.1 cm³/mol. The van der Waals surface area contributed by atoms with E-state index in [4.69, 9.17) is 18.9 Å². The first kappa shape index (κ1) is 12.4. The van der Waals surface area contributed by atoms with Crippen LogP contribution in [0.2, 0.25) is 0 Å². The van der Waals surface area contributed by atoms with Crippen molar-refractivity contribution in [2.45, 2.75) is 31.5 Å². The van der Waals surface area contributed by atoms with Gasteiger partial charge in [-0.05, 0) is 0 Å². The van der Waals surface area contributed by atoms with Crippen LogP contribution < -0.4 is 0 Å². The number of aliphatic hydroxyl groups excluding tert-OH is 1. The average Bonchev–Trinajstić information content (AvgIpc) is 2.18. The zero-order valence-electron chi connectivity index (χ0n) is 9.00. The van der Waals surface area contributed by atoms with E-state index in [-0.39, 0.29) is 6.61 Å². The predicted octanol–water partition coefficient (Wildman–Crippen LogP) is -0.703. The number of hydrogen-bond acceptors (Lipinski definition) is 6. The minimum Gasteiger partial charge on any atom is -0.457 e. The number of carbonyl (C=O) groups is 1. The van der Waals surface area contributed by atoms with Crippen LogP contribution in [-0.4, -0.2) is 56.5 Å². The van der Waals surface area contributed by atoms with Gasteiger partial charge in [-0.1, -0.05) is 0 Å². The molecule has 6 nitrogen and oxygen atoms in total. The summed E-state index contributed by atoms with van der Waals surface area (Å²) >= 11 is 0. The van der Waals surface area contributed by atoms with Crippen molar-refractivity contribution in [2.24, 2.45) is 0 Å². The largest absolute Gasteiger partial charge is 0.457 e. The van der Waals surface area contributed by atoms with Crippen molar-refractivity contribution in [1.29, 1.82) is 0 Å². The van der Waals surface area contributed by atoms with E-state index in [0.29, 0.717) is 0 Å². The fraction of sp³-hybridized carbons (Fsp3) is 0.889. The van der Waals surface area contributed by atoms with Gasteiger partial charge in [0.25, 0.3) is 0 Å². The third-order valence-electron chi connectivity index (χ3n) is 2.23. The van der Waals surface area contributed by atoms with E-state index in [9.17, 15) is 9.90 Å². The van der Waals surface area contributed by atoms with Gasteiger partial charge in [0.15, 0.2) is 12.4 Å². The van der Waals surface area contributed by atoms with Gasteiger partial charge in [-0.3, -0.25) is 4.79 Å². The van der Waals surface area contributed by atoms with Gasteiger partial charge >= 0.3 is 5.97 Å². The van der Waals surface area contributed by atoms with E-state index in [2.05, 4.69) is 0 Å². The molecule has 0 aromatic rings. The van der Waals surface area contributed by atoms with Crippen molar-refractivity contribution in [3.05, 3.63) is 0 Å². The van der Waals surface area contributed by atoms with Crippen molar-refractivity contribution < 1.29 is 28.8 Å². The van der Waals surface area contributed by atoms with Crippen LogP contribution in [0.4, 0.5) is 0 Å². The third kappa shape index (κ3) is 2.88. The molecule has 1 saturated heterocycles. The first-order valence-electron chi connectivity index (χ1n) is 4.62. The molecule has 4 unspecified atom stereocenters. The van der Waals surface area contributed by atoms with Gasteiger partial charge in [-0.15, -0.1) is 0 Å². The third-order valence-corrected chi connectivity index (χ3v) is 2.23. The van der Waals surface area contributed by atoms with Gasteiger partial charge in [-0.2, -0.15) is 0 Å². The number of carbonyl (C=O) groups excluding carboxylic acids is 1. The normalized spacial score (nSPS) is 36.3. The van der Waals surface area contributed by atoms with Crippen molar-refractivity contribution in [1.82, 2.24) is 0 Å². The first-order valence-corrected chi connectivity index (χ1v) is 4.62. The van der Waals surface area contributed by atoms with Crippen molar-refractivity contribution in [3.63, 3.8) is 0 Å². The van der Waals surface area contributed by atoms with E-state index >= 15 is 0 Å². The molecule has 4 atom stereocenters. The lowest BCUT2D eigenvalue weighted by atomic mass is 10.1. The number of methoxy groups -OCH3 is 2. The molecule has 0 aromatic heterocycles. The molecule has 0 aliphatic carbocycles. The molecule has 0 amide bonds. The quantitative estimate of drug-likeness (QED) is 0.634. The Hall–Kier alpha value is -0.690. The topological polar surface area (TPSA) is 74.2 Å². The molecule has 1 heterocycles. The second-order valence-electron chi connectivity index (χ2n) is 3.28. The molecule has 15 heavy (non-hydrogen) atoms. The van der Waals surface area contributed by atoms with E-state index in [1.807, 2.05) is 0 Å². The van der Waals surface area contributed by atoms with E-state index < -0.39 is 30.6 Å². The monoisotopic (exact) mass is 220 g/mol. The molecular formula is C9H16O6. The summed E-state index contributed by atoms with van der Waals surface area (Å²) in [6.45, 7) is 1.44. The summed E-state index contributed by atoms with van der Waals surface area (Å²) in [5, 5.41) is 9.75. The van der Waals surface area contributed by atoms with Crippen LogP contribution in [0.25, 0.3) is 0 Å². The Balaban J connectivity index is 2.63. The summed E-state index contributed by atoms with van der Waals surface area (Å²) in [6, 6.07) is 0. The molecule has 6 heteroatoms. The Morgan fingerprint density at radius 1 is 1.40 bits per heavy atom. The second kappa shape index (κ2) is 5.41. The summed E-state index contributed by atoms with van der Waals surface area (Å²) in [7, 11) is 2.86. The molecule has 0 aromatic carbocycles. The maximum absolute atomic E-state index is 10.8. The highest BCUT2D eigenvalue weighted by Crippen LogP contribution is 2.20. The zero-order valence-corrected chi connectivity index (χ0v) is 9.00. The minimum atomic E-state index is -0.974. The Labute approximate surface area is 88.1 Å². The van der Waals surface area contributed by atoms with E-state index in [0.717, 1.165) is 0 Å². The molecule has 1 aliphatic heterocycles. The number of rotatable bonds is 3. The molecule has 88 valence electrons. The molecule has 0 bridgehead atoms. The van der Waals surface area contributed by atoms with E-state index in [1.54, 1.807) is 0 Å². The Morgan fingerprint density at radius 2 is 2.07 bits per heavy atom. The van der Waals surface area contributed by atoms with Gasteiger partial charge in [-0.25, -0.2) is 0 Å². The van der Waals surface area contributed by atoms with Crippen LogP contribution in [-0.2, 0) is 23.7 Å². The highest BCUT2D eigenvalue weighted by Gasteiger charge is 2.41. The highest BCUT2D eigenvalue weighted by atomic mass is 16.7. The van der Waals surface area contributed by atoms with Crippen LogP contribution >= 0.6 is 0 Å². The molecule has 1 rings (SSSR count). The second-order valence-corrected chi connectivity index (χ2v) is 3.28. The summed E-state index contributed by atoms with van der Waals surface area (Å²) in [4.78, 5) is 10.8. The summed E-state index contributed by atoms with van der Waals surface area (Å²) in [6.07, 6.45) is -2.96. The lowest BCUT2D eigenvalue weighted by molar-refractivity contribution is -0.269. The summed E-state index contributed by atoms with van der Waals surface area (Å²) < 4.78 is 20.1. The van der Waals surface area contributed by atoms with Crippen LogP contribution in [0.15, 0.2) is 0 Å². The maximum Gasteiger partial charge on any atom is 0.303 e. The van der Waals surface area contributed by atoms with Crippen molar-refractivity contribution in [2.75, 3.05) is 20.8 Å². The molecule has 0 saturated carbocycles. The standard InChI is InChI=1S/C9H16O6/c1-5(10)15-6-4-14-9(13-3)7(11)8(6)12-2/h6-9,11H,4H2,1-3H3. The van der Waals surface area contributed by atoms with Crippen LogP contribution in [0.1, 0.15) is 6.92 Å². The number of aliphatic hydroxyl groups is 1. The average molecular weight is 220 g/mol. The Kier molecular flexibility index (Phi) is 4.46. The SMILES string of the molecule is COC1OCC(OC(C)=O)C(OC)C1O. The minimum absolute atomic E-state index is 0.146. The highest BCUT2D eigenvalue weighted by molar-refractivity contribution is 5.66. The van der Waals surface area contributed by atoms with Gasteiger partial charge in [0.1, 0.15) is 12.2 Å². The Morgan fingerprint density at radius 3 is 2.53 bits per heavy atom. The van der Waals surface area contributed by atoms with Crippen LogP contribution in [0, 0.1) is 0 Å². The zero-order chi connectivity index (χ0) is 11.4. The molecular weight excluding hydrogens is 204 g/mol. The smallest absolute Gasteiger partial charge is 0.303 e.